The van der Waals surface area contributed by atoms with Crippen molar-refractivity contribution in [2.75, 3.05) is 13.7 Å². The van der Waals surface area contributed by atoms with Crippen LogP contribution in [0.25, 0.3) is 0 Å². The van der Waals surface area contributed by atoms with Crippen molar-refractivity contribution in [1.82, 2.24) is 16.0 Å². The predicted octanol–water partition coefficient (Wildman–Crippen LogP) is 4.14. The summed E-state index contributed by atoms with van der Waals surface area (Å²) in [6, 6.07) is 0. The quantitative estimate of drug-likeness (QED) is 0.260. The van der Waals surface area contributed by atoms with Crippen molar-refractivity contribution in [3.05, 3.63) is 0 Å². The lowest BCUT2D eigenvalue weighted by Crippen LogP contribution is -2.61. The van der Waals surface area contributed by atoms with Crippen LogP contribution in [0.4, 0.5) is 0 Å². The van der Waals surface area contributed by atoms with E-state index in [1.54, 1.807) is 6.92 Å². The molecule has 0 aromatic rings. The highest BCUT2D eigenvalue weighted by Crippen LogP contribution is 2.39. The van der Waals surface area contributed by atoms with E-state index in [2.05, 4.69) is 59.8 Å². The number of hydrogen-bond acceptors (Lipinski definition) is 5. The average Bonchev–Trinajstić information content (AvgIpc) is 2.57. The molecule has 3 atom stereocenters. The molecular weight excluding hydrogens is 459 g/mol. The number of carbonyl (C=O) groups excluding carboxylic acids is 2. The molecule has 7 nitrogen and oxygen atoms in total. The molecule has 208 valence electrons. The van der Waals surface area contributed by atoms with Crippen LogP contribution in [0.5, 0.6) is 0 Å². The Bertz CT molecular complexity index is 741. The van der Waals surface area contributed by atoms with Gasteiger partial charge in [-0.3, -0.25) is 9.59 Å². The largest absolute Gasteiger partial charge is 0.376 e. The van der Waals surface area contributed by atoms with Crippen LogP contribution >= 0.6 is 9.24 Å². The van der Waals surface area contributed by atoms with Crippen molar-refractivity contribution >= 4 is 21.1 Å². The van der Waals surface area contributed by atoms with E-state index in [1.807, 2.05) is 55.5 Å². The lowest BCUT2D eigenvalue weighted by molar-refractivity contribution is -0.135. The molecule has 0 fully saturated rings. The van der Waals surface area contributed by atoms with Gasteiger partial charge in [0.25, 0.3) is 0 Å². The standard InChI is InChI=1S/C27H57N4O3P/c1-15-34-24(8,9)18-26(12,28)20(33)31-22(4,5)16-21(2,3)19(32)30-23(6,7)17-27(13,35)25(10,11)29-14/h29H,15-18,28,35H2,1-14H3,(H,30,32)(H,31,33). The number of ether oxygens (including phenoxy) is 1. The lowest BCUT2D eigenvalue weighted by atomic mass is 9.76. The molecule has 0 aliphatic heterocycles. The molecule has 2 amide bonds. The molecule has 0 aliphatic carbocycles. The molecule has 3 unspecified atom stereocenters. The van der Waals surface area contributed by atoms with Crippen LogP contribution in [0.15, 0.2) is 0 Å². The fraction of sp³-hybridized carbons (Fsp3) is 0.926. The minimum absolute atomic E-state index is 0.0409. The Hall–Kier alpha value is -0.750. The Morgan fingerprint density at radius 1 is 0.771 bits per heavy atom. The van der Waals surface area contributed by atoms with Crippen molar-refractivity contribution in [3.63, 3.8) is 0 Å². The minimum Gasteiger partial charge on any atom is -0.376 e. The first-order valence-corrected chi connectivity index (χ1v) is 13.4. The maximum atomic E-state index is 13.4. The third-order valence-corrected chi connectivity index (χ3v) is 8.04. The second-order valence-corrected chi connectivity index (χ2v) is 15.3. The number of carbonyl (C=O) groups is 2. The summed E-state index contributed by atoms with van der Waals surface area (Å²) in [6.45, 7) is 26.4. The molecule has 5 N–H and O–H groups in total. The van der Waals surface area contributed by atoms with Gasteiger partial charge in [-0.15, -0.1) is 9.24 Å². The monoisotopic (exact) mass is 516 g/mol. The maximum Gasteiger partial charge on any atom is 0.240 e. The number of hydrogen-bond donors (Lipinski definition) is 4. The molecule has 0 heterocycles. The lowest BCUT2D eigenvalue weighted by Gasteiger charge is -2.46. The second-order valence-electron chi connectivity index (χ2n) is 14.0. The molecule has 8 heteroatoms. The number of rotatable bonds is 14. The fourth-order valence-corrected chi connectivity index (χ4v) is 5.69. The highest BCUT2D eigenvalue weighted by Gasteiger charge is 2.44. The summed E-state index contributed by atoms with van der Waals surface area (Å²) >= 11 is 0. The van der Waals surface area contributed by atoms with Gasteiger partial charge in [0, 0.05) is 40.2 Å². The molecular formula is C27H57N4O3P. The normalized spacial score (nSPS) is 17.4. The summed E-state index contributed by atoms with van der Waals surface area (Å²) in [4.78, 5) is 26.5. The van der Waals surface area contributed by atoms with Gasteiger partial charge in [-0.2, -0.15) is 0 Å². The third-order valence-electron chi connectivity index (χ3n) is 7.11. The summed E-state index contributed by atoms with van der Waals surface area (Å²) in [5.41, 5.74) is 2.90. The van der Waals surface area contributed by atoms with Gasteiger partial charge < -0.3 is 26.4 Å². The van der Waals surface area contributed by atoms with E-state index in [0.717, 1.165) is 6.42 Å². The first kappa shape index (κ1) is 34.2. The van der Waals surface area contributed by atoms with E-state index >= 15 is 0 Å². The summed E-state index contributed by atoms with van der Waals surface area (Å²) in [5.74, 6) is -0.291. The Labute approximate surface area is 218 Å². The molecule has 0 saturated carbocycles. The van der Waals surface area contributed by atoms with Crippen molar-refractivity contribution in [1.29, 1.82) is 0 Å². The van der Waals surface area contributed by atoms with Gasteiger partial charge in [0.15, 0.2) is 0 Å². The van der Waals surface area contributed by atoms with Gasteiger partial charge >= 0.3 is 0 Å². The molecule has 0 aromatic heterocycles. The van der Waals surface area contributed by atoms with Crippen LogP contribution in [-0.4, -0.2) is 58.4 Å². The van der Waals surface area contributed by atoms with Crippen molar-refractivity contribution in [2.45, 2.75) is 142 Å². The first-order chi connectivity index (χ1) is 15.2. The third kappa shape index (κ3) is 10.6. The summed E-state index contributed by atoms with van der Waals surface area (Å²) < 4.78 is 5.75. The molecule has 0 radical (unpaired) electrons. The Balaban J connectivity index is 5.40. The SMILES string of the molecule is CCOC(C)(C)CC(C)(N)C(=O)NC(C)(C)CC(C)(C)C(=O)NC(C)(C)CC(C)(P)C(C)(C)NC. The van der Waals surface area contributed by atoms with E-state index in [0.29, 0.717) is 19.4 Å². The topological polar surface area (TPSA) is 105 Å². The number of nitrogens with one attached hydrogen (secondary N) is 3. The van der Waals surface area contributed by atoms with Crippen LogP contribution in [0.3, 0.4) is 0 Å². The molecule has 0 spiro atoms. The average molecular weight is 517 g/mol. The molecule has 0 rings (SSSR count). The molecule has 0 aliphatic rings. The summed E-state index contributed by atoms with van der Waals surface area (Å²) in [5, 5.41) is 9.59. The number of amides is 2. The molecule has 35 heavy (non-hydrogen) atoms. The molecule has 0 saturated heterocycles. The van der Waals surface area contributed by atoms with Crippen LogP contribution in [0.2, 0.25) is 0 Å². The molecule has 0 bridgehead atoms. The fourth-order valence-electron chi connectivity index (χ4n) is 5.03. The van der Waals surface area contributed by atoms with Crippen molar-refractivity contribution in [3.8, 4) is 0 Å². The van der Waals surface area contributed by atoms with Crippen LogP contribution in [0, 0.1) is 5.41 Å². The van der Waals surface area contributed by atoms with Gasteiger partial charge in [-0.1, -0.05) is 20.8 Å². The zero-order chi connectivity index (χ0) is 28.3. The zero-order valence-electron chi connectivity index (χ0n) is 25.2. The predicted molar refractivity (Wildman–Crippen MR) is 152 cm³/mol. The Morgan fingerprint density at radius 3 is 1.63 bits per heavy atom. The van der Waals surface area contributed by atoms with E-state index < -0.39 is 27.6 Å². The minimum atomic E-state index is -1.10. The van der Waals surface area contributed by atoms with Gasteiger partial charge in [0.2, 0.25) is 11.8 Å². The highest BCUT2D eigenvalue weighted by molar-refractivity contribution is 7.19. The second kappa shape index (κ2) is 11.3. The van der Waals surface area contributed by atoms with Gasteiger partial charge in [-0.25, -0.2) is 0 Å². The van der Waals surface area contributed by atoms with E-state index in [4.69, 9.17) is 10.5 Å². The Kier molecular flexibility index (Phi) is 11.1. The summed E-state index contributed by atoms with van der Waals surface area (Å²) in [7, 11) is 4.91. The van der Waals surface area contributed by atoms with Crippen LogP contribution in [0.1, 0.15) is 109 Å². The Morgan fingerprint density at radius 2 is 1.20 bits per heavy atom. The van der Waals surface area contributed by atoms with Crippen molar-refractivity contribution in [2.24, 2.45) is 11.1 Å². The number of nitrogens with two attached hydrogens (primary N) is 1. The van der Waals surface area contributed by atoms with Gasteiger partial charge in [0.1, 0.15) is 0 Å². The maximum absolute atomic E-state index is 13.4. The zero-order valence-corrected chi connectivity index (χ0v) is 26.4. The van der Waals surface area contributed by atoms with Crippen LogP contribution in [-0.2, 0) is 14.3 Å². The van der Waals surface area contributed by atoms with Gasteiger partial charge in [-0.05, 0) is 89.1 Å². The smallest absolute Gasteiger partial charge is 0.240 e. The van der Waals surface area contributed by atoms with E-state index in [9.17, 15) is 9.59 Å². The first-order valence-electron chi connectivity index (χ1n) is 12.8. The molecule has 0 aromatic carbocycles. The highest BCUT2D eigenvalue weighted by atomic mass is 31.0. The van der Waals surface area contributed by atoms with Crippen LogP contribution < -0.4 is 21.7 Å². The van der Waals surface area contributed by atoms with E-state index in [1.165, 1.54) is 0 Å². The van der Waals surface area contributed by atoms with Crippen molar-refractivity contribution < 1.29 is 14.3 Å². The van der Waals surface area contributed by atoms with Gasteiger partial charge in [0.05, 0.1) is 11.1 Å². The van der Waals surface area contributed by atoms with E-state index in [-0.39, 0.29) is 22.5 Å². The summed E-state index contributed by atoms with van der Waals surface area (Å²) in [6.07, 6.45) is 1.60.